The average molecular weight is 348 g/mol. The topological polar surface area (TPSA) is 34.0 Å². The number of ether oxygens (including phenoxy) is 1. The van der Waals surface area contributed by atoms with Crippen molar-refractivity contribution in [2.45, 2.75) is 46.1 Å². The minimum Gasteiger partial charge on any atom is -0.474 e. The summed E-state index contributed by atoms with van der Waals surface area (Å²) in [5, 5.41) is 0. The molecule has 0 aromatic heterocycles. The highest BCUT2D eigenvalue weighted by atomic mass is 16.5. The molecule has 3 rings (SSSR count). The van der Waals surface area contributed by atoms with Gasteiger partial charge in [0.1, 0.15) is 12.3 Å². The molecule has 3 nitrogen and oxygen atoms in total. The summed E-state index contributed by atoms with van der Waals surface area (Å²) >= 11 is 0. The number of rotatable bonds is 6. The van der Waals surface area contributed by atoms with Crippen LogP contribution in [0.3, 0.4) is 0 Å². The first-order chi connectivity index (χ1) is 12.6. The maximum absolute atomic E-state index is 5.73. The molecular weight excluding hydrogens is 320 g/mol. The molecule has 0 unspecified atom stereocenters. The van der Waals surface area contributed by atoms with E-state index in [0.29, 0.717) is 37.4 Å². The smallest absolute Gasteiger partial charge is 0.235 e. The molecule has 1 heterocycles. The molecule has 1 aliphatic heterocycles. The second kappa shape index (κ2) is 8.31. The predicted octanol–water partition coefficient (Wildman–Crippen LogP) is 5.35. The first-order valence-corrected chi connectivity index (χ1v) is 9.47. The molecule has 26 heavy (non-hydrogen) atoms. The van der Waals surface area contributed by atoms with Crippen LogP contribution in [0.1, 0.15) is 61.8 Å². The molecule has 2 aromatic carbocycles. The van der Waals surface area contributed by atoms with Gasteiger partial charge in [-0.25, -0.2) is 4.99 Å². The van der Waals surface area contributed by atoms with Crippen LogP contribution in [0.4, 0.5) is 0 Å². The summed E-state index contributed by atoms with van der Waals surface area (Å²) in [4.78, 5) is 9.50. The zero-order valence-corrected chi connectivity index (χ0v) is 16.2. The van der Waals surface area contributed by atoms with Crippen molar-refractivity contribution in [3.05, 3.63) is 70.8 Å². The van der Waals surface area contributed by atoms with Gasteiger partial charge in [0, 0.05) is 5.56 Å². The zero-order chi connectivity index (χ0) is 18.5. The van der Waals surface area contributed by atoms with Gasteiger partial charge >= 0.3 is 0 Å². The molecule has 2 aromatic rings. The zero-order valence-electron chi connectivity index (χ0n) is 16.2. The van der Waals surface area contributed by atoms with Crippen LogP contribution in [0.2, 0.25) is 0 Å². The number of hydrogen-bond acceptors (Lipinski definition) is 3. The van der Waals surface area contributed by atoms with Gasteiger partial charge in [0.25, 0.3) is 0 Å². The van der Waals surface area contributed by atoms with E-state index in [1.807, 2.05) is 18.2 Å². The Morgan fingerprint density at radius 1 is 0.962 bits per heavy atom. The van der Waals surface area contributed by atoms with Crippen molar-refractivity contribution in [3.63, 3.8) is 0 Å². The van der Waals surface area contributed by atoms with Crippen LogP contribution in [0.5, 0.6) is 0 Å². The average Bonchev–Trinajstić information content (AvgIpc) is 3.17. The Bertz CT molecular complexity index is 778. The first-order valence-electron chi connectivity index (χ1n) is 9.47. The summed E-state index contributed by atoms with van der Waals surface area (Å²) in [6.45, 7) is 11.0. The Morgan fingerprint density at radius 2 is 1.62 bits per heavy atom. The van der Waals surface area contributed by atoms with Crippen molar-refractivity contribution >= 4 is 11.6 Å². The van der Waals surface area contributed by atoms with E-state index in [1.165, 1.54) is 16.7 Å². The van der Waals surface area contributed by atoms with Crippen molar-refractivity contribution in [1.82, 2.24) is 0 Å². The number of aliphatic imine (C=N–C) groups is 2. The van der Waals surface area contributed by atoms with E-state index >= 15 is 0 Å². The standard InChI is InChI=1S/C23H28N2O/c1-16(2)19-11-8-12-20(17(3)4)21(19)15-25-22(23-24-13-14-26-23)18-9-6-5-7-10-18/h5-12,16-17H,13-15H2,1-4H3/b25-22+. The highest BCUT2D eigenvalue weighted by molar-refractivity contribution is 6.45. The lowest BCUT2D eigenvalue weighted by atomic mass is 9.88. The third kappa shape index (κ3) is 4.04. The van der Waals surface area contributed by atoms with Crippen molar-refractivity contribution in [2.75, 3.05) is 13.2 Å². The molecule has 0 spiro atoms. The molecule has 0 fully saturated rings. The highest BCUT2D eigenvalue weighted by Crippen LogP contribution is 2.28. The number of hydrogen-bond donors (Lipinski definition) is 0. The Labute approximate surface area is 156 Å². The van der Waals surface area contributed by atoms with Crippen molar-refractivity contribution in [2.24, 2.45) is 9.98 Å². The fraction of sp³-hybridized carbons (Fsp3) is 0.391. The normalized spacial score (nSPS) is 14.7. The molecule has 0 amide bonds. The lowest BCUT2D eigenvalue weighted by Gasteiger charge is -2.19. The minimum absolute atomic E-state index is 0.471. The first kappa shape index (κ1) is 18.4. The van der Waals surface area contributed by atoms with E-state index in [2.05, 4.69) is 63.0 Å². The second-order valence-electron chi connectivity index (χ2n) is 7.29. The van der Waals surface area contributed by atoms with Gasteiger partial charge in [-0.3, -0.25) is 4.99 Å². The Hall–Kier alpha value is -2.42. The molecule has 0 saturated heterocycles. The predicted molar refractivity (Wildman–Crippen MR) is 110 cm³/mol. The Balaban J connectivity index is 2.03. The third-order valence-electron chi connectivity index (χ3n) is 4.72. The summed E-state index contributed by atoms with van der Waals surface area (Å²) < 4.78 is 5.73. The fourth-order valence-electron chi connectivity index (χ4n) is 3.40. The molecule has 3 heteroatoms. The van der Waals surface area contributed by atoms with Crippen molar-refractivity contribution in [1.29, 1.82) is 0 Å². The third-order valence-corrected chi connectivity index (χ3v) is 4.72. The Morgan fingerprint density at radius 3 is 2.15 bits per heavy atom. The van der Waals surface area contributed by atoms with Crippen LogP contribution in [0.15, 0.2) is 58.5 Å². The number of benzene rings is 2. The molecular formula is C23H28N2O. The largest absolute Gasteiger partial charge is 0.474 e. The van der Waals surface area contributed by atoms with Gasteiger partial charge in [-0.15, -0.1) is 0 Å². The monoisotopic (exact) mass is 348 g/mol. The van der Waals surface area contributed by atoms with E-state index in [1.54, 1.807) is 0 Å². The van der Waals surface area contributed by atoms with Gasteiger partial charge in [-0.05, 0) is 28.5 Å². The summed E-state index contributed by atoms with van der Waals surface area (Å²) in [6, 6.07) is 16.8. The van der Waals surface area contributed by atoms with Gasteiger partial charge in [-0.2, -0.15) is 0 Å². The molecule has 1 aliphatic rings. The second-order valence-corrected chi connectivity index (χ2v) is 7.29. The van der Waals surface area contributed by atoms with E-state index < -0.39 is 0 Å². The summed E-state index contributed by atoms with van der Waals surface area (Å²) in [5.74, 6) is 1.61. The van der Waals surface area contributed by atoms with E-state index in [4.69, 9.17) is 9.73 Å². The molecule has 0 aliphatic carbocycles. The molecule has 0 atom stereocenters. The van der Waals surface area contributed by atoms with Crippen LogP contribution in [-0.2, 0) is 11.3 Å². The Kier molecular flexibility index (Phi) is 5.87. The van der Waals surface area contributed by atoms with E-state index in [9.17, 15) is 0 Å². The molecule has 136 valence electrons. The quantitative estimate of drug-likeness (QED) is 0.648. The minimum atomic E-state index is 0.471. The molecule has 0 radical (unpaired) electrons. The summed E-state index contributed by atoms with van der Waals surface area (Å²) in [5.41, 5.74) is 6.01. The van der Waals surface area contributed by atoms with Crippen LogP contribution >= 0.6 is 0 Å². The molecule has 0 bridgehead atoms. The van der Waals surface area contributed by atoms with Gasteiger partial charge in [0.05, 0.1) is 13.1 Å². The fourth-order valence-corrected chi connectivity index (χ4v) is 3.40. The molecule has 0 N–H and O–H groups in total. The summed E-state index contributed by atoms with van der Waals surface area (Å²) in [7, 11) is 0. The lowest BCUT2D eigenvalue weighted by molar-refractivity contribution is 0.353. The van der Waals surface area contributed by atoms with E-state index in [0.717, 1.165) is 11.3 Å². The van der Waals surface area contributed by atoms with Crippen molar-refractivity contribution in [3.8, 4) is 0 Å². The lowest BCUT2D eigenvalue weighted by Crippen LogP contribution is -2.17. The summed E-state index contributed by atoms with van der Waals surface area (Å²) in [6.07, 6.45) is 0. The van der Waals surface area contributed by atoms with Gasteiger partial charge in [0.15, 0.2) is 0 Å². The van der Waals surface area contributed by atoms with E-state index in [-0.39, 0.29) is 0 Å². The van der Waals surface area contributed by atoms with Crippen molar-refractivity contribution < 1.29 is 4.74 Å². The molecule has 0 saturated carbocycles. The van der Waals surface area contributed by atoms with Gasteiger partial charge < -0.3 is 4.74 Å². The SMILES string of the molecule is CC(C)c1cccc(C(C)C)c1C/N=C(/C1=NCCO1)c1ccccc1. The van der Waals surface area contributed by atoms with Crippen LogP contribution in [0, 0.1) is 0 Å². The maximum Gasteiger partial charge on any atom is 0.235 e. The van der Waals surface area contributed by atoms with Crippen LogP contribution in [0.25, 0.3) is 0 Å². The van der Waals surface area contributed by atoms with Crippen LogP contribution < -0.4 is 0 Å². The van der Waals surface area contributed by atoms with Gasteiger partial charge in [-0.1, -0.05) is 76.2 Å². The highest BCUT2D eigenvalue weighted by Gasteiger charge is 2.18. The van der Waals surface area contributed by atoms with Crippen LogP contribution in [-0.4, -0.2) is 24.8 Å². The van der Waals surface area contributed by atoms with Gasteiger partial charge in [0.2, 0.25) is 5.90 Å². The number of nitrogens with zero attached hydrogens (tertiary/aromatic N) is 2. The maximum atomic E-state index is 5.73.